The first kappa shape index (κ1) is 15.9. The van der Waals surface area contributed by atoms with Gasteiger partial charge in [-0.3, -0.25) is 0 Å². The Hall–Kier alpha value is -2.30. The standard InChI is InChI=1S/C22H25N3O/c1-15-14-19-18-4-2-3-5-20(18)24-22(19)21(23-15)16-6-8-17(9-7-16)25-10-12-26-13-11-25/h2-9,15,21,23-24H,10-14H2,1H3/t15-,21-/m0/s1. The van der Waals surface area contributed by atoms with Crippen LogP contribution in [0.15, 0.2) is 48.5 Å². The van der Waals surface area contributed by atoms with Gasteiger partial charge >= 0.3 is 0 Å². The Labute approximate surface area is 154 Å². The van der Waals surface area contributed by atoms with Crippen LogP contribution in [-0.2, 0) is 11.2 Å². The molecule has 2 aliphatic heterocycles. The minimum absolute atomic E-state index is 0.222. The van der Waals surface area contributed by atoms with E-state index in [1.807, 2.05) is 0 Å². The number of nitrogens with zero attached hydrogens (tertiary/aromatic N) is 1. The summed E-state index contributed by atoms with van der Waals surface area (Å²) in [5, 5.41) is 5.15. The number of hydrogen-bond acceptors (Lipinski definition) is 3. The number of hydrogen-bond donors (Lipinski definition) is 2. The van der Waals surface area contributed by atoms with E-state index in [4.69, 9.17) is 4.74 Å². The van der Waals surface area contributed by atoms with Crippen molar-refractivity contribution in [3.05, 3.63) is 65.4 Å². The van der Waals surface area contributed by atoms with Gasteiger partial charge in [-0.05, 0) is 42.7 Å². The van der Waals surface area contributed by atoms with Gasteiger partial charge in [0.2, 0.25) is 0 Å². The molecule has 2 atom stereocenters. The average Bonchev–Trinajstić information content (AvgIpc) is 3.07. The Bertz CT molecular complexity index is 909. The van der Waals surface area contributed by atoms with Gasteiger partial charge in [-0.1, -0.05) is 30.3 Å². The molecule has 0 radical (unpaired) electrons. The first-order valence-electron chi connectivity index (χ1n) is 9.58. The molecule has 134 valence electrons. The maximum atomic E-state index is 5.46. The van der Waals surface area contributed by atoms with Crippen molar-refractivity contribution in [2.75, 3.05) is 31.2 Å². The van der Waals surface area contributed by atoms with Crippen molar-refractivity contribution in [2.45, 2.75) is 25.4 Å². The summed E-state index contributed by atoms with van der Waals surface area (Å²) in [7, 11) is 0. The van der Waals surface area contributed by atoms with Crippen LogP contribution in [0.1, 0.15) is 29.8 Å². The number of aromatic nitrogens is 1. The first-order chi connectivity index (χ1) is 12.8. The van der Waals surface area contributed by atoms with E-state index in [1.165, 1.54) is 33.4 Å². The Morgan fingerprint density at radius 3 is 2.58 bits per heavy atom. The zero-order valence-corrected chi connectivity index (χ0v) is 15.2. The fourth-order valence-corrected chi connectivity index (χ4v) is 4.38. The summed E-state index contributed by atoms with van der Waals surface area (Å²) in [6.45, 7) is 5.87. The lowest BCUT2D eigenvalue weighted by molar-refractivity contribution is 0.122. The lowest BCUT2D eigenvalue weighted by Crippen LogP contribution is -2.38. The molecule has 0 unspecified atom stereocenters. The summed E-state index contributed by atoms with van der Waals surface area (Å²) in [5.74, 6) is 0. The quantitative estimate of drug-likeness (QED) is 0.744. The number of rotatable bonds is 2. The van der Waals surface area contributed by atoms with Crippen molar-refractivity contribution >= 4 is 16.6 Å². The van der Waals surface area contributed by atoms with Gasteiger partial charge in [0.15, 0.2) is 0 Å². The monoisotopic (exact) mass is 347 g/mol. The van der Waals surface area contributed by atoms with Crippen LogP contribution >= 0.6 is 0 Å². The number of ether oxygens (including phenoxy) is 1. The predicted molar refractivity (Wildman–Crippen MR) is 106 cm³/mol. The highest BCUT2D eigenvalue weighted by atomic mass is 16.5. The molecule has 4 heteroatoms. The molecule has 26 heavy (non-hydrogen) atoms. The zero-order valence-electron chi connectivity index (χ0n) is 15.2. The fourth-order valence-electron chi connectivity index (χ4n) is 4.38. The molecule has 1 aromatic heterocycles. The average molecular weight is 347 g/mol. The molecule has 1 saturated heterocycles. The summed E-state index contributed by atoms with van der Waals surface area (Å²) in [6, 6.07) is 18.4. The van der Waals surface area contributed by atoms with Gasteiger partial charge < -0.3 is 19.9 Å². The topological polar surface area (TPSA) is 40.3 Å². The molecule has 3 aromatic rings. The first-order valence-corrected chi connectivity index (χ1v) is 9.58. The van der Waals surface area contributed by atoms with Crippen molar-refractivity contribution in [3.8, 4) is 0 Å². The molecule has 0 spiro atoms. The molecule has 1 fully saturated rings. The van der Waals surface area contributed by atoms with Crippen LogP contribution in [0.3, 0.4) is 0 Å². The van der Waals surface area contributed by atoms with E-state index in [-0.39, 0.29) is 6.04 Å². The molecule has 2 aliphatic rings. The predicted octanol–water partition coefficient (Wildman–Crippen LogP) is 3.63. The molecule has 2 N–H and O–H groups in total. The van der Waals surface area contributed by atoms with E-state index < -0.39 is 0 Å². The lowest BCUT2D eigenvalue weighted by Gasteiger charge is -2.31. The van der Waals surface area contributed by atoms with Gasteiger partial charge in [-0.25, -0.2) is 0 Å². The van der Waals surface area contributed by atoms with Gasteiger partial charge in [0.25, 0.3) is 0 Å². The van der Waals surface area contributed by atoms with Crippen LogP contribution in [-0.4, -0.2) is 37.3 Å². The van der Waals surface area contributed by atoms with Crippen molar-refractivity contribution < 1.29 is 4.74 Å². The zero-order chi connectivity index (χ0) is 17.5. The van der Waals surface area contributed by atoms with E-state index in [0.29, 0.717) is 6.04 Å². The second kappa shape index (κ2) is 6.45. The van der Waals surface area contributed by atoms with Crippen LogP contribution in [0.2, 0.25) is 0 Å². The van der Waals surface area contributed by atoms with E-state index >= 15 is 0 Å². The third-order valence-electron chi connectivity index (χ3n) is 5.70. The maximum Gasteiger partial charge on any atom is 0.0734 e. The highest BCUT2D eigenvalue weighted by Gasteiger charge is 2.28. The SMILES string of the molecule is C[C@H]1Cc2c([nH]c3ccccc23)[C@H](c2ccc(N3CCOCC3)cc2)N1. The Morgan fingerprint density at radius 2 is 1.77 bits per heavy atom. The highest BCUT2D eigenvalue weighted by Crippen LogP contribution is 2.35. The van der Waals surface area contributed by atoms with Crippen LogP contribution in [0.5, 0.6) is 0 Å². The Morgan fingerprint density at radius 1 is 1.00 bits per heavy atom. The molecule has 0 amide bonds. The number of anilines is 1. The normalized spacial score (nSPS) is 23.2. The molecular formula is C22H25N3O. The Balaban J connectivity index is 1.50. The van der Waals surface area contributed by atoms with E-state index in [9.17, 15) is 0 Å². The van der Waals surface area contributed by atoms with E-state index in [1.54, 1.807) is 0 Å². The van der Waals surface area contributed by atoms with Gasteiger partial charge in [0.1, 0.15) is 0 Å². The molecule has 0 bridgehead atoms. The van der Waals surface area contributed by atoms with E-state index in [0.717, 1.165) is 32.7 Å². The summed E-state index contributed by atoms with van der Waals surface area (Å²) in [4.78, 5) is 6.08. The molecule has 4 nitrogen and oxygen atoms in total. The molecule has 0 saturated carbocycles. The van der Waals surface area contributed by atoms with Crippen molar-refractivity contribution in [3.63, 3.8) is 0 Å². The number of morpholine rings is 1. The second-order valence-electron chi connectivity index (χ2n) is 7.46. The summed E-state index contributed by atoms with van der Waals surface area (Å²) in [6.07, 6.45) is 1.07. The number of H-pyrrole nitrogens is 1. The minimum atomic E-state index is 0.222. The number of nitrogens with one attached hydrogen (secondary N) is 2. The van der Waals surface area contributed by atoms with Gasteiger partial charge in [-0.2, -0.15) is 0 Å². The fraction of sp³-hybridized carbons (Fsp3) is 0.364. The molecule has 3 heterocycles. The van der Waals surface area contributed by atoms with Gasteiger partial charge in [-0.15, -0.1) is 0 Å². The summed E-state index contributed by atoms with van der Waals surface area (Å²) in [5.41, 5.74) is 6.64. The van der Waals surface area contributed by atoms with Crippen molar-refractivity contribution in [1.82, 2.24) is 10.3 Å². The van der Waals surface area contributed by atoms with Crippen LogP contribution in [0, 0.1) is 0 Å². The van der Waals surface area contributed by atoms with Gasteiger partial charge in [0, 0.05) is 41.4 Å². The second-order valence-corrected chi connectivity index (χ2v) is 7.46. The maximum absolute atomic E-state index is 5.46. The molecule has 5 rings (SSSR count). The smallest absolute Gasteiger partial charge is 0.0734 e. The summed E-state index contributed by atoms with van der Waals surface area (Å²) >= 11 is 0. The Kier molecular flexibility index (Phi) is 3.95. The number of para-hydroxylation sites is 1. The molecular weight excluding hydrogens is 322 g/mol. The number of fused-ring (bicyclic) bond motifs is 3. The third-order valence-corrected chi connectivity index (χ3v) is 5.70. The van der Waals surface area contributed by atoms with Gasteiger partial charge in [0.05, 0.1) is 19.3 Å². The highest BCUT2D eigenvalue weighted by molar-refractivity contribution is 5.85. The molecule has 2 aromatic carbocycles. The number of benzene rings is 2. The van der Waals surface area contributed by atoms with Crippen molar-refractivity contribution in [2.24, 2.45) is 0 Å². The van der Waals surface area contributed by atoms with Crippen LogP contribution in [0.25, 0.3) is 10.9 Å². The third kappa shape index (κ3) is 2.70. The summed E-state index contributed by atoms with van der Waals surface area (Å²) < 4.78 is 5.46. The molecule has 0 aliphatic carbocycles. The minimum Gasteiger partial charge on any atom is -0.378 e. The van der Waals surface area contributed by atoms with E-state index in [2.05, 4.69) is 70.7 Å². The lowest BCUT2D eigenvalue weighted by atomic mass is 9.91. The van der Waals surface area contributed by atoms with Crippen LogP contribution in [0.4, 0.5) is 5.69 Å². The number of aromatic amines is 1. The largest absolute Gasteiger partial charge is 0.378 e. The van der Waals surface area contributed by atoms with Crippen LogP contribution < -0.4 is 10.2 Å². The van der Waals surface area contributed by atoms with Crippen molar-refractivity contribution in [1.29, 1.82) is 0 Å².